The molecule has 0 aliphatic heterocycles. The van der Waals surface area contributed by atoms with Gasteiger partial charge in [0.2, 0.25) is 0 Å². The number of alkyl halides is 3. The smallest absolute Gasteiger partial charge is 0.307 e. The summed E-state index contributed by atoms with van der Waals surface area (Å²) in [5, 5.41) is 8.90. The molecule has 0 aromatic carbocycles. The quantitative estimate of drug-likeness (QED) is 0.869. The lowest BCUT2D eigenvalue weighted by Crippen LogP contribution is -2.09. The molecule has 0 bridgehead atoms. The maximum atomic E-state index is 12.7. The van der Waals surface area contributed by atoms with Gasteiger partial charge in [-0.25, -0.2) is 8.78 Å². The molecule has 1 aromatic rings. The maximum absolute atomic E-state index is 12.7. The fraction of sp³-hybridized carbons (Fsp3) is 0.400. The van der Waals surface area contributed by atoms with Crippen LogP contribution in [-0.2, 0) is 16.5 Å². The minimum Gasteiger partial charge on any atom is -0.481 e. The fourth-order valence-corrected chi connectivity index (χ4v) is 2.11. The average Bonchev–Trinajstić information content (AvgIpc) is 2.19. The molecule has 0 spiro atoms. The van der Waals surface area contributed by atoms with Crippen molar-refractivity contribution in [1.29, 1.82) is 0 Å². The lowest BCUT2D eigenvalue weighted by atomic mass is 10.0. The van der Waals surface area contributed by atoms with Crippen LogP contribution in [0, 0.1) is 6.92 Å². The third kappa shape index (κ3) is 2.75. The number of hydrogen-bond acceptors (Lipinski definition) is 2. The summed E-state index contributed by atoms with van der Waals surface area (Å²) in [6.45, 7) is 1.61. The number of aryl methyl sites for hydroxylation is 1. The zero-order valence-corrected chi connectivity index (χ0v) is 10.1. The number of nitrogens with zero attached hydrogens (tertiary/aromatic N) is 1. The topological polar surface area (TPSA) is 50.2 Å². The zero-order valence-electron chi connectivity index (χ0n) is 8.51. The molecular formula is C10H10BrF2NO2. The van der Waals surface area contributed by atoms with Crippen molar-refractivity contribution in [3.63, 3.8) is 0 Å². The second kappa shape index (κ2) is 5.34. The van der Waals surface area contributed by atoms with Gasteiger partial charge in [-0.15, -0.1) is 0 Å². The second-order valence-corrected chi connectivity index (χ2v) is 3.82. The summed E-state index contributed by atoms with van der Waals surface area (Å²) in [5.41, 5.74) is 0.951. The molecule has 1 N–H and O–H groups in total. The van der Waals surface area contributed by atoms with Crippen LogP contribution in [0.3, 0.4) is 0 Å². The van der Waals surface area contributed by atoms with E-state index in [0.29, 0.717) is 16.8 Å². The second-order valence-electron chi connectivity index (χ2n) is 3.26. The van der Waals surface area contributed by atoms with Gasteiger partial charge in [0.15, 0.2) is 0 Å². The lowest BCUT2D eigenvalue weighted by Gasteiger charge is -2.13. The molecule has 0 radical (unpaired) electrons. The predicted molar refractivity (Wildman–Crippen MR) is 57.9 cm³/mol. The number of hydrogen-bond donors (Lipinski definition) is 1. The van der Waals surface area contributed by atoms with Gasteiger partial charge >= 0.3 is 5.97 Å². The number of carboxylic acids is 1. The molecule has 0 unspecified atom stereocenters. The molecule has 0 aliphatic carbocycles. The van der Waals surface area contributed by atoms with Crippen LogP contribution in [0.5, 0.6) is 0 Å². The van der Waals surface area contributed by atoms with E-state index in [4.69, 9.17) is 5.11 Å². The first-order valence-electron chi connectivity index (χ1n) is 4.50. The highest BCUT2D eigenvalue weighted by molar-refractivity contribution is 9.08. The predicted octanol–water partition coefficient (Wildman–Crippen LogP) is 2.85. The Morgan fingerprint density at radius 1 is 1.56 bits per heavy atom. The number of pyridine rings is 1. The molecule has 16 heavy (non-hydrogen) atoms. The molecule has 88 valence electrons. The monoisotopic (exact) mass is 293 g/mol. The van der Waals surface area contributed by atoms with Crippen LogP contribution < -0.4 is 0 Å². The van der Waals surface area contributed by atoms with Crippen molar-refractivity contribution in [2.75, 3.05) is 0 Å². The molecule has 1 heterocycles. The average molecular weight is 294 g/mol. The highest BCUT2D eigenvalue weighted by atomic mass is 79.9. The molecule has 0 atom stereocenters. The third-order valence-corrected chi connectivity index (χ3v) is 2.80. The number of aliphatic carboxylic acids is 1. The fourth-order valence-electron chi connectivity index (χ4n) is 1.45. The Morgan fingerprint density at radius 2 is 2.19 bits per heavy atom. The van der Waals surface area contributed by atoms with E-state index >= 15 is 0 Å². The van der Waals surface area contributed by atoms with Gasteiger partial charge in [-0.1, -0.05) is 15.9 Å². The minimum absolute atomic E-state index is 0.193. The van der Waals surface area contributed by atoms with Gasteiger partial charge in [0.05, 0.1) is 6.42 Å². The number of rotatable bonds is 4. The summed E-state index contributed by atoms with van der Waals surface area (Å²) in [4.78, 5) is 14.4. The molecule has 6 heteroatoms. The molecule has 1 aromatic heterocycles. The molecule has 1 rings (SSSR count). The van der Waals surface area contributed by atoms with Crippen LogP contribution in [0.25, 0.3) is 0 Å². The van der Waals surface area contributed by atoms with Crippen LogP contribution in [0.1, 0.15) is 28.8 Å². The summed E-state index contributed by atoms with van der Waals surface area (Å²) in [6.07, 6.45) is -1.84. The summed E-state index contributed by atoms with van der Waals surface area (Å²) < 4.78 is 25.3. The van der Waals surface area contributed by atoms with Crippen molar-refractivity contribution in [2.24, 2.45) is 0 Å². The van der Waals surface area contributed by atoms with E-state index in [2.05, 4.69) is 20.9 Å². The van der Waals surface area contributed by atoms with Crippen LogP contribution in [0.4, 0.5) is 8.78 Å². The lowest BCUT2D eigenvalue weighted by molar-refractivity contribution is -0.136. The van der Waals surface area contributed by atoms with Crippen LogP contribution in [0.2, 0.25) is 0 Å². The highest BCUT2D eigenvalue weighted by Gasteiger charge is 2.19. The van der Waals surface area contributed by atoms with Crippen molar-refractivity contribution in [3.05, 3.63) is 28.6 Å². The van der Waals surface area contributed by atoms with Gasteiger partial charge < -0.3 is 5.11 Å². The third-order valence-electron chi connectivity index (χ3n) is 2.24. The van der Waals surface area contributed by atoms with Crippen LogP contribution in [0.15, 0.2) is 6.20 Å². The first-order chi connectivity index (χ1) is 7.47. The van der Waals surface area contributed by atoms with Crippen molar-refractivity contribution in [3.8, 4) is 0 Å². The van der Waals surface area contributed by atoms with Gasteiger partial charge in [-0.3, -0.25) is 9.78 Å². The van der Waals surface area contributed by atoms with Gasteiger partial charge in [-0.2, -0.15) is 0 Å². The molecule has 0 saturated heterocycles. The van der Waals surface area contributed by atoms with Crippen molar-refractivity contribution in [1.82, 2.24) is 4.98 Å². The van der Waals surface area contributed by atoms with E-state index in [1.165, 1.54) is 0 Å². The number of halogens is 3. The van der Waals surface area contributed by atoms with Gasteiger partial charge in [0.25, 0.3) is 6.43 Å². The van der Waals surface area contributed by atoms with Gasteiger partial charge in [-0.05, 0) is 18.1 Å². The Balaban J connectivity index is 3.32. The minimum atomic E-state index is -2.65. The van der Waals surface area contributed by atoms with Crippen molar-refractivity contribution >= 4 is 21.9 Å². The first-order valence-corrected chi connectivity index (χ1v) is 5.62. The molecular weight excluding hydrogens is 284 g/mol. The van der Waals surface area contributed by atoms with E-state index in [9.17, 15) is 13.6 Å². The molecule has 0 aliphatic rings. The Bertz CT molecular complexity index is 410. The Kier molecular flexibility index (Phi) is 4.35. The maximum Gasteiger partial charge on any atom is 0.307 e. The normalized spacial score (nSPS) is 10.8. The zero-order chi connectivity index (χ0) is 12.3. The SMILES string of the molecule is Cc1ncc(C(F)F)c(CBr)c1CC(=O)O. The van der Waals surface area contributed by atoms with Crippen LogP contribution in [-0.4, -0.2) is 16.1 Å². The number of aromatic nitrogens is 1. The molecule has 3 nitrogen and oxygen atoms in total. The molecule has 0 amide bonds. The summed E-state index contributed by atoms with van der Waals surface area (Å²) in [6, 6.07) is 0. The standard InChI is InChI=1S/C10H10BrF2NO2/c1-5-6(2-9(15)16)7(3-11)8(4-14-5)10(12)13/h4,10H,2-3H2,1H3,(H,15,16). The van der Waals surface area contributed by atoms with E-state index < -0.39 is 12.4 Å². The Morgan fingerprint density at radius 3 is 2.62 bits per heavy atom. The molecule has 0 saturated carbocycles. The first kappa shape index (κ1) is 13.0. The van der Waals surface area contributed by atoms with Gasteiger partial charge in [0.1, 0.15) is 0 Å². The number of carboxylic acid groups (broad SMARTS) is 1. The molecule has 0 fully saturated rings. The summed E-state index contributed by atoms with van der Waals surface area (Å²) >= 11 is 3.10. The van der Waals surface area contributed by atoms with E-state index in [1.807, 2.05) is 0 Å². The largest absolute Gasteiger partial charge is 0.481 e. The van der Waals surface area contributed by atoms with Crippen LogP contribution >= 0.6 is 15.9 Å². The Labute approximate surface area is 99.6 Å². The Hall–Kier alpha value is -1.04. The summed E-state index contributed by atoms with van der Waals surface area (Å²) in [7, 11) is 0. The van der Waals surface area contributed by atoms with E-state index in [0.717, 1.165) is 6.20 Å². The summed E-state index contributed by atoms with van der Waals surface area (Å²) in [5.74, 6) is -1.06. The number of carbonyl (C=O) groups is 1. The van der Waals surface area contributed by atoms with Crippen molar-refractivity contribution < 1.29 is 18.7 Å². The van der Waals surface area contributed by atoms with E-state index in [-0.39, 0.29) is 17.3 Å². The highest BCUT2D eigenvalue weighted by Crippen LogP contribution is 2.28. The van der Waals surface area contributed by atoms with Gasteiger partial charge in [0, 0.05) is 22.8 Å². The van der Waals surface area contributed by atoms with E-state index in [1.54, 1.807) is 6.92 Å². The van der Waals surface area contributed by atoms with Crippen molar-refractivity contribution in [2.45, 2.75) is 25.1 Å².